The molecule has 6 rings (SSSR count). The van der Waals surface area contributed by atoms with Crippen molar-refractivity contribution in [3.8, 4) is 0 Å². The minimum atomic E-state index is -2.52. The van der Waals surface area contributed by atoms with Crippen molar-refractivity contribution in [1.29, 1.82) is 0 Å². The first-order chi connectivity index (χ1) is 9.58. The number of hydrogen-bond donors (Lipinski definition) is 1. The van der Waals surface area contributed by atoms with Gasteiger partial charge in [0.15, 0.2) is 0 Å². The van der Waals surface area contributed by atoms with Gasteiger partial charge in [0.25, 0.3) is 5.92 Å². The summed E-state index contributed by atoms with van der Waals surface area (Å²) in [6.45, 7) is 0. The minimum Gasteiger partial charge on any atom is -0.385 e. The van der Waals surface area contributed by atoms with Crippen molar-refractivity contribution < 1.29 is 13.9 Å². The standard InChI is InChI=1S/C17H16F2O/c18-17(19)13-9-6-8-10-11(9)15(17)14(10)16(20,12(8)13)7-4-2-1-3-5-7/h1-5,8-15,20H,6H2/t8-,9-,10+,11-,12-,13-,14-,15+,16-/m0/s1. The van der Waals surface area contributed by atoms with Crippen LogP contribution in [-0.2, 0) is 5.60 Å². The molecule has 5 aliphatic carbocycles. The van der Waals surface area contributed by atoms with Crippen LogP contribution < -0.4 is 0 Å². The normalized spacial score (nSPS) is 62.1. The van der Waals surface area contributed by atoms with Crippen molar-refractivity contribution in [3.05, 3.63) is 35.9 Å². The molecule has 9 atom stereocenters. The fourth-order valence-electron chi connectivity index (χ4n) is 7.57. The SMILES string of the molecule is O[C@@]1(c2ccccc2)[C@H]2[C@H]3C[C@H]4[C@H]5[C@@H]3[C@H]1[C@@H]5C(F)(F)[C@@H]42. The molecule has 1 nitrogen and oxygen atoms in total. The molecule has 0 saturated heterocycles. The van der Waals surface area contributed by atoms with E-state index < -0.39 is 23.4 Å². The van der Waals surface area contributed by atoms with Crippen molar-refractivity contribution in [2.75, 3.05) is 0 Å². The fourth-order valence-corrected chi connectivity index (χ4v) is 7.57. The third kappa shape index (κ3) is 0.739. The van der Waals surface area contributed by atoms with Gasteiger partial charge in [0.1, 0.15) is 0 Å². The number of rotatable bonds is 1. The van der Waals surface area contributed by atoms with Crippen LogP contribution >= 0.6 is 0 Å². The first-order valence-corrected chi connectivity index (χ1v) is 7.73. The second kappa shape index (κ2) is 2.70. The van der Waals surface area contributed by atoms with Gasteiger partial charge in [0, 0.05) is 23.7 Å². The summed E-state index contributed by atoms with van der Waals surface area (Å²) < 4.78 is 29.3. The lowest BCUT2D eigenvalue weighted by Gasteiger charge is -2.54. The molecular weight excluding hydrogens is 258 g/mol. The van der Waals surface area contributed by atoms with E-state index in [0.717, 1.165) is 12.0 Å². The maximum absolute atomic E-state index is 14.6. The van der Waals surface area contributed by atoms with Crippen LogP contribution in [0.25, 0.3) is 0 Å². The second-order valence-electron chi connectivity index (χ2n) is 7.69. The van der Waals surface area contributed by atoms with Crippen molar-refractivity contribution in [1.82, 2.24) is 0 Å². The van der Waals surface area contributed by atoms with E-state index in [2.05, 4.69) is 0 Å². The van der Waals surface area contributed by atoms with Gasteiger partial charge in [-0.15, -0.1) is 0 Å². The van der Waals surface area contributed by atoms with Crippen LogP contribution in [0.15, 0.2) is 30.3 Å². The summed E-state index contributed by atoms with van der Waals surface area (Å²) in [4.78, 5) is 0. The van der Waals surface area contributed by atoms with Gasteiger partial charge < -0.3 is 5.11 Å². The van der Waals surface area contributed by atoms with E-state index in [0.29, 0.717) is 11.8 Å². The lowest BCUT2D eigenvalue weighted by molar-refractivity contribution is -0.238. The Morgan fingerprint density at radius 3 is 2.30 bits per heavy atom. The molecular formula is C17H16F2O. The third-order valence-electron chi connectivity index (χ3n) is 7.64. The van der Waals surface area contributed by atoms with E-state index >= 15 is 0 Å². The van der Waals surface area contributed by atoms with Crippen LogP contribution in [0.4, 0.5) is 8.78 Å². The van der Waals surface area contributed by atoms with Gasteiger partial charge in [-0.3, -0.25) is 0 Å². The molecule has 20 heavy (non-hydrogen) atoms. The Hall–Kier alpha value is -0.960. The Bertz CT molecular complexity index is 629. The van der Waals surface area contributed by atoms with Crippen molar-refractivity contribution >= 4 is 0 Å². The Labute approximate surface area is 116 Å². The van der Waals surface area contributed by atoms with Crippen LogP contribution in [0.2, 0.25) is 0 Å². The van der Waals surface area contributed by atoms with Gasteiger partial charge in [0.05, 0.1) is 5.60 Å². The highest BCUT2D eigenvalue weighted by atomic mass is 19.3. The molecule has 0 aromatic heterocycles. The Balaban J connectivity index is 1.62. The molecule has 0 amide bonds. The highest BCUT2D eigenvalue weighted by Gasteiger charge is 2.92. The summed E-state index contributed by atoms with van der Waals surface area (Å²) in [7, 11) is 0. The molecule has 0 unspecified atom stereocenters. The van der Waals surface area contributed by atoms with E-state index in [1.54, 1.807) is 0 Å². The average Bonchev–Trinajstić information content (AvgIpc) is 2.91. The van der Waals surface area contributed by atoms with Gasteiger partial charge in [0.2, 0.25) is 0 Å². The predicted octanol–water partition coefficient (Wildman–Crippen LogP) is 2.90. The summed E-state index contributed by atoms with van der Waals surface area (Å²) in [5.41, 5.74) is -0.0935. The Morgan fingerprint density at radius 1 is 0.900 bits per heavy atom. The fraction of sp³-hybridized carbons (Fsp3) is 0.647. The molecule has 0 aliphatic heterocycles. The Kier molecular flexibility index (Phi) is 1.45. The van der Waals surface area contributed by atoms with E-state index in [1.807, 2.05) is 30.3 Å². The van der Waals surface area contributed by atoms with Crippen molar-refractivity contribution in [2.24, 2.45) is 47.3 Å². The first kappa shape index (κ1) is 10.7. The van der Waals surface area contributed by atoms with Crippen molar-refractivity contribution in [2.45, 2.75) is 17.9 Å². The number of alkyl halides is 2. The van der Waals surface area contributed by atoms with E-state index in [4.69, 9.17) is 0 Å². The molecule has 0 heterocycles. The Morgan fingerprint density at radius 2 is 1.55 bits per heavy atom. The highest BCUT2D eigenvalue weighted by molar-refractivity contribution is 5.41. The number of hydrogen-bond acceptors (Lipinski definition) is 1. The largest absolute Gasteiger partial charge is 0.385 e. The predicted molar refractivity (Wildman–Crippen MR) is 67.8 cm³/mol. The van der Waals surface area contributed by atoms with Gasteiger partial charge in [-0.05, 0) is 35.7 Å². The number of halogens is 2. The molecule has 5 fully saturated rings. The zero-order valence-corrected chi connectivity index (χ0v) is 10.9. The summed E-state index contributed by atoms with van der Waals surface area (Å²) >= 11 is 0. The topological polar surface area (TPSA) is 20.2 Å². The number of aliphatic hydroxyl groups is 1. The molecule has 1 aromatic carbocycles. The molecule has 5 saturated carbocycles. The van der Waals surface area contributed by atoms with E-state index in [1.165, 1.54) is 0 Å². The smallest absolute Gasteiger partial charge is 0.255 e. The molecule has 0 spiro atoms. The molecule has 104 valence electrons. The summed E-state index contributed by atoms with van der Waals surface area (Å²) in [6, 6.07) is 9.62. The molecule has 1 aromatic rings. The van der Waals surface area contributed by atoms with E-state index in [9.17, 15) is 13.9 Å². The monoisotopic (exact) mass is 274 g/mol. The van der Waals surface area contributed by atoms with Crippen molar-refractivity contribution in [3.63, 3.8) is 0 Å². The molecule has 2 bridgehead atoms. The molecule has 0 radical (unpaired) electrons. The maximum Gasteiger partial charge on any atom is 0.255 e. The van der Waals surface area contributed by atoms with Gasteiger partial charge in [-0.25, -0.2) is 8.78 Å². The minimum absolute atomic E-state index is 0.191. The average molecular weight is 274 g/mol. The zero-order chi connectivity index (χ0) is 13.4. The third-order valence-corrected chi connectivity index (χ3v) is 7.64. The summed E-state index contributed by atoms with van der Waals surface area (Å²) in [5.74, 6) is -2.85. The van der Waals surface area contributed by atoms with E-state index in [-0.39, 0.29) is 23.7 Å². The summed E-state index contributed by atoms with van der Waals surface area (Å²) in [5, 5.41) is 11.4. The first-order valence-electron chi connectivity index (χ1n) is 7.73. The van der Waals surface area contributed by atoms with Crippen LogP contribution in [0.5, 0.6) is 0 Å². The highest BCUT2D eigenvalue weighted by Crippen LogP contribution is 2.89. The molecule has 1 N–H and O–H groups in total. The number of benzene rings is 1. The second-order valence-corrected chi connectivity index (χ2v) is 7.69. The number of fused-ring (bicyclic) bond motifs is 2. The molecule has 5 aliphatic rings. The van der Waals surface area contributed by atoms with Crippen LogP contribution in [0, 0.1) is 47.3 Å². The lowest BCUT2D eigenvalue weighted by Crippen LogP contribution is -2.59. The van der Waals surface area contributed by atoms with Gasteiger partial charge in [-0.2, -0.15) is 0 Å². The lowest BCUT2D eigenvalue weighted by atomic mass is 9.54. The quantitative estimate of drug-likeness (QED) is 0.835. The zero-order valence-electron chi connectivity index (χ0n) is 10.9. The van der Waals surface area contributed by atoms with Crippen LogP contribution in [0.1, 0.15) is 12.0 Å². The maximum atomic E-state index is 14.6. The van der Waals surface area contributed by atoms with Crippen LogP contribution in [0.3, 0.4) is 0 Å². The van der Waals surface area contributed by atoms with Crippen LogP contribution in [-0.4, -0.2) is 11.0 Å². The molecule has 3 heteroatoms. The summed E-state index contributed by atoms with van der Waals surface area (Å²) in [6.07, 6.45) is 0.947. The van der Waals surface area contributed by atoms with Gasteiger partial charge >= 0.3 is 0 Å². The van der Waals surface area contributed by atoms with Gasteiger partial charge in [-0.1, -0.05) is 30.3 Å².